The number of para-hydroxylation sites is 1. The maximum atomic E-state index is 12.8. The molecule has 1 N–H and O–H groups in total. The molecule has 0 unspecified atom stereocenters. The molecule has 0 saturated heterocycles. The summed E-state index contributed by atoms with van der Waals surface area (Å²) in [6.07, 6.45) is 1.56. The first kappa shape index (κ1) is 18.2. The third-order valence-corrected chi connectivity index (χ3v) is 5.44. The summed E-state index contributed by atoms with van der Waals surface area (Å²) >= 11 is 3.51. The molecule has 2 aromatic heterocycles. The van der Waals surface area contributed by atoms with Crippen molar-refractivity contribution in [2.24, 2.45) is 19.1 Å². The van der Waals surface area contributed by atoms with Crippen molar-refractivity contribution in [3.8, 4) is 5.69 Å². The molecule has 0 aliphatic carbocycles. The second-order valence-electron chi connectivity index (χ2n) is 6.58. The molecule has 0 bridgehead atoms. The first-order chi connectivity index (χ1) is 13.4. The van der Waals surface area contributed by atoms with Gasteiger partial charge in [-0.2, -0.15) is 0 Å². The van der Waals surface area contributed by atoms with Gasteiger partial charge in [-0.25, -0.2) is 9.48 Å². The number of fused-ring (bicyclic) bond motifs is 1. The fourth-order valence-corrected chi connectivity index (χ4v) is 3.65. The van der Waals surface area contributed by atoms with Gasteiger partial charge in [-0.1, -0.05) is 18.2 Å². The summed E-state index contributed by atoms with van der Waals surface area (Å²) in [5, 5.41) is 3.08. The van der Waals surface area contributed by atoms with E-state index in [1.54, 1.807) is 29.4 Å². The van der Waals surface area contributed by atoms with Crippen LogP contribution in [0.25, 0.3) is 16.7 Å². The Hall–Kier alpha value is -3.13. The molecule has 4 aromatic rings. The minimum atomic E-state index is -0.170. The van der Waals surface area contributed by atoms with Crippen molar-refractivity contribution in [1.29, 1.82) is 0 Å². The molecule has 2 aromatic carbocycles. The van der Waals surface area contributed by atoms with Crippen LogP contribution < -0.4 is 11.2 Å². The lowest BCUT2D eigenvalue weighted by atomic mass is 10.2. The number of benzene rings is 2. The van der Waals surface area contributed by atoms with Crippen molar-refractivity contribution in [3.63, 3.8) is 0 Å². The van der Waals surface area contributed by atoms with E-state index in [2.05, 4.69) is 26.0 Å². The Morgan fingerprint density at radius 1 is 1.04 bits per heavy atom. The fraction of sp³-hybridized carbons (Fsp3) is 0.150. The van der Waals surface area contributed by atoms with E-state index in [4.69, 9.17) is 0 Å². The molecule has 0 saturated carbocycles. The van der Waals surface area contributed by atoms with Crippen LogP contribution in [0.1, 0.15) is 11.3 Å². The smallest absolute Gasteiger partial charge is 0.295 e. The standard InChI is InChI=1S/C20H18BrN5O2/c1-12-14(19(27)26(23-12)13-7-5-4-6-8-13)11-22-16-10-18-17(9-15(16)21)24(2)20(28)25(18)3/h4-11,23H,1-3H3. The average Bonchev–Trinajstić information content (AvgIpc) is 3.09. The lowest BCUT2D eigenvalue weighted by Crippen LogP contribution is -2.19. The highest BCUT2D eigenvalue weighted by molar-refractivity contribution is 9.10. The van der Waals surface area contributed by atoms with Crippen molar-refractivity contribution >= 4 is 38.9 Å². The van der Waals surface area contributed by atoms with Gasteiger partial charge in [0.2, 0.25) is 0 Å². The number of aromatic nitrogens is 4. The zero-order valence-corrected chi connectivity index (χ0v) is 17.2. The highest BCUT2D eigenvalue weighted by Crippen LogP contribution is 2.30. The Morgan fingerprint density at radius 2 is 1.68 bits per heavy atom. The van der Waals surface area contributed by atoms with Gasteiger partial charge in [0.15, 0.2) is 0 Å². The lowest BCUT2D eigenvalue weighted by Gasteiger charge is -2.01. The Bertz CT molecular complexity index is 1340. The highest BCUT2D eigenvalue weighted by Gasteiger charge is 2.13. The van der Waals surface area contributed by atoms with Gasteiger partial charge in [0.05, 0.1) is 28.0 Å². The Kier molecular flexibility index (Phi) is 4.43. The van der Waals surface area contributed by atoms with Crippen LogP contribution in [0.3, 0.4) is 0 Å². The topological polar surface area (TPSA) is 77.1 Å². The quantitative estimate of drug-likeness (QED) is 0.497. The largest absolute Gasteiger partial charge is 0.328 e. The van der Waals surface area contributed by atoms with E-state index in [9.17, 15) is 9.59 Å². The molecule has 0 spiro atoms. The van der Waals surface area contributed by atoms with E-state index in [-0.39, 0.29) is 11.2 Å². The van der Waals surface area contributed by atoms with Crippen LogP contribution in [0.2, 0.25) is 0 Å². The first-order valence-electron chi connectivity index (χ1n) is 8.64. The third-order valence-electron chi connectivity index (χ3n) is 4.80. The average molecular weight is 440 g/mol. The van der Waals surface area contributed by atoms with Crippen molar-refractivity contribution in [2.75, 3.05) is 0 Å². The summed E-state index contributed by atoms with van der Waals surface area (Å²) in [5.74, 6) is 0. The number of hydrogen-bond donors (Lipinski definition) is 1. The van der Waals surface area contributed by atoms with E-state index in [0.717, 1.165) is 26.9 Å². The van der Waals surface area contributed by atoms with Crippen molar-refractivity contribution < 1.29 is 0 Å². The molecule has 0 amide bonds. The van der Waals surface area contributed by atoms with E-state index in [1.165, 1.54) is 4.68 Å². The number of nitrogens with zero attached hydrogens (tertiary/aromatic N) is 4. The van der Waals surface area contributed by atoms with Crippen molar-refractivity contribution in [2.45, 2.75) is 6.92 Å². The number of aromatic amines is 1. The van der Waals surface area contributed by atoms with Gasteiger partial charge < -0.3 is 0 Å². The molecule has 4 rings (SSSR count). The van der Waals surface area contributed by atoms with Gasteiger partial charge in [0.1, 0.15) is 0 Å². The molecule has 0 atom stereocenters. The van der Waals surface area contributed by atoms with Crippen molar-refractivity contribution in [1.82, 2.24) is 18.9 Å². The Balaban J connectivity index is 1.79. The zero-order chi connectivity index (χ0) is 20.0. The molecule has 2 heterocycles. The number of H-pyrrole nitrogens is 1. The first-order valence-corrected chi connectivity index (χ1v) is 9.44. The molecule has 142 valence electrons. The monoisotopic (exact) mass is 439 g/mol. The van der Waals surface area contributed by atoms with E-state index in [0.29, 0.717) is 11.3 Å². The molecule has 0 aliphatic heterocycles. The number of rotatable bonds is 3. The van der Waals surface area contributed by atoms with Crippen LogP contribution in [-0.4, -0.2) is 25.1 Å². The molecule has 0 fully saturated rings. The summed E-state index contributed by atoms with van der Waals surface area (Å²) < 4.78 is 5.40. The number of halogens is 1. The number of nitrogens with one attached hydrogen (secondary N) is 1. The number of hydrogen-bond acceptors (Lipinski definition) is 3. The van der Waals surface area contributed by atoms with Crippen LogP contribution in [-0.2, 0) is 14.1 Å². The number of imidazole rings is 1. The number of aryl methyl sites for hydroxylation is 3. The fourth-order valence-electron chi connectivity index (χ4n) is 3.21. The molecular weight excluding hydrogens is 422 g/mol. The van der Waals surface area contributed by atoms with Crippen LogP contribution in [0.15, 0.2) is 61.5 Å². The molecule has 7 nitrogen and oxygen atoms in total. The van der Waals surface area contributed by atoms with Crippen molar-refractivity contribution in [3.05, 3.63) is 79.0 Å². The predicted molar refractivity (Wildman–Crippen MR) is 114 cm³/mol. The normalized spacial score (nSPS) is 11.7. The second-order valence-corrected chi connectivity index (χ2v) is 7.43. The second kappa shape index (κ2) is 6.79. The van der Waals surface area contributed by atoms with E-state index < -0.39 is 0 Å². The Morgan fingerprint density at radius 3 is 2.36 bits per heavy atom. The summed E-state index contributed by atoms with van der Waals surface area (Å²) in [7, 11) is 3.45. The van der Waals surface area contributed by atoms with Gasteiger partial charge in [-0.3, -0.25) is 24.0 Å². The lowest BCUT2D eigenvalue weighted by molar-refractivity contribution is 0.795. The van der Waals surface area contributed by atoms with Crippen LogP contribution in [0.5, 0.6) is 0 Å². The van der Waals surface area contributed by atoms with Gasteiger partial charge in [0, 0.05) is 30.5 Å². The summed E-state index contributed by atoms with van der Waals surface area (Å²) in [4.78, 5) is 29.4. The summed E-state index contributed by atoms with van der Waals surface area (Å²) in [5.41, 5.74) is 3.92. The minimum Gasteiger partial charge on any atom is -0.295 e. The molecule has 8 heteroatoms. The van der Waals surface area contributed by atoms with Crippen LogP contribution >= 0.6 is 15.9 Å². The third kappa shape index (κ3) is 2.86. The summed E-state index contributed by atoms with van der Waals surface area (Å²) in [6.45, 7) is 1.83. The van der Waals surface area contributed by atoms with E-state index in [1.807, 2.05) is 49.4 Å². The summed E-state index contributed by atoms with van der Waals surface area (Å²) in [6, 6.07) is 13.1. The van der Waals surface area contributed by atoms with E-state index >= 15 is 0 Å². The Labute approximate surface area is 168 Å². The van der Waals surface area contributed by atoms with Crippen LogP contribution in [0, 0.1) is 6.92 Å². The molecule has 0 radical (unpaired) electrons. The van der Waals surface area contributed by atoms with Gasteiger partial charge in [0.25, 0.3) is 5.56 Å². The predicted octanol–water partition coefficient (Wildman–Crippen LogP) is 3.18. The van der Waals surface area contributed by atoms with Gasteiger partial charge >= 0.3 is 5.69 Å². The van der Waals surface area contributed by atoms with Gasteiger partial charge in [-0.05, 0) is 47.1 Å². The maximum Gasteiger partial charge on any atom is 0.328 e. The number of aliphatic imine (C=N–C) groups is 1. The zero-order valence-electron chi connectivity index (χ0n) is 15.6. The SMILES string of the molecule is Cc1[nH]n(-c2ccccc2)c(=O)c1C=Nc1cc2c(cc1Br)n(C)c(=O)n2C. The van der Waals surface area contributed by atoms with Crippen LogP contribution in [0.4, 0.5) is 5.69 Å². The molecule has 0 aliphatic rings. The van der Waals surface area contributed by atoms with Gasteiger partial charge in [-0.15, -0.1) is 0 Å². The minimum absolute atomic E-state index is 0.102. The highest BCUT2D eigenvalue weighted by atomic mass is 79.9. The molecule has 28 heavy (non-hydrogen) atoms. The maximum absolute atomic E-state index is 12.8. The molecular formula is C20H18BrN5O2.